The van der Waals surface area contributed by atoms with E-state index in [1.165, 1.54) is 119 Å². The lowest BCUT2D eigenvalue weighted by molar-refractivity contribution is 0.591. The van der Waals surface area contributed by atoms with Crippen molar-refractivity contribution in [2.45, 2.75) is 120 Å². The molecule has 7 aromatic rings. The van der Waals surface area contributed by atoms with Crippen molar-refractivity contribution in [1.82, 2.24) is 0 Å². The molecule has 0 atom stereocenters. The molecule has 0 aliphatic carbocycles. The van der Waals surface area contributed by atoms with Gasteiger partial charge in [0.2, 0.25) is 13.4 Å². The van der Waals surface area contributed by atoms with Crippen molar-refractivity contribution >= 4 is 105 Å². The summed E-state index contributed by atoms with van der Waals surface area (Å²) in [6.07, 6.45) is 0. The minimum Gasteiger partial charge on any atom is -0.295 e. The molecule has 0 fully saturated rings. The van der Waals surface area contributed by atoms with Gasteiger partial charge in [-0.2, -0.15) is 0 Å². The summed E-state index contributed by atoms with van der Waals surface area (Å²) in [5.41, 5.74) is 22.6. The van der Waals surface area contributed by atoms with Crippen LogP contribution < -0.4 is 37.7 Å². The molecule has 0 unspecified atom stereocenters. The average Bonchev–Trinajstić information content (AvgIpc) is 3.66. The highest BCUT2D eigenvalue weighted by molar-refractivity contribution is 7.29. The van der Waals surface area contributed by atoms with Gasteiger partial charge in [0.15, 0.2) is 0 Å². The van der Waals surface area contributed by atoms with Crippen LogP contribution in [0.3, 0.4) is 0 Å². The summed E-state index contributed by atoms with van der Waals surface area (Å²) in [5, 5.41) is 5.56. The molecular weight excluding hydrogens is 724 g/mol. The Balaban J connectivity index is 1.50. The summed E-state index contributed by atoms with van der Waals surface area (Å²) in [4.78, 5) is 2.76. The van der Waals surface area contributed by atoms with E-state index in [1.807, 2.05) is 22.7 Å². The lowest BCUT2D eigenvalue weighted by atomic mass is 9.29. The molecule has 0 saturated heterocycles. The molecule has 0 N–H and O–H groups in total. The Morgan fingerprint density at radius 3 is 1.11 bits per heavy atom. The van der Waals surface area contributed by atoms with Crippen molar-refractivity contribution in [2.24, 2.45) is 0 Å². The molecule has 288 valence electrons. The molecule has 9 rings (SSSR count). The SMILES string of the molecule is Cc1cc(C)c(B2c3cc(C(C)(C)C)cc4c3N(c3sc5cc(C(C)(C)C)ccc5c32)c2sc3cc(C(C)(C)C)ccc3c2B4c2c(C)cc(C)cc2C)c(C)c1. The van der Waals surface area contributed by atoms with Gasteiger partial charge in [-0.15, -0.1) is 22.7 Å². The Bertz CT molecular complexity index is 2600. The van der Waals surface area contributed by atoms with Gasteiger partial charge in [-0.3, -0.25) is 4.90 Å². The van der Waals surface area contributed by atoms with Crippen LogP contribution in [0.1, 0.15) is 112 Å². The second-order valence-corrected chi connectivity index (χ2v) is 22.7. The van der Waals surface area contributed by atoms with Gasteiger partial charge >= 0.3 is 0 Å². The summed E-state index contributed by atoms with van der Waals surface area (Å²) in [6, 6.07) is 29.6. The minimum atomic E-state index is -0.0443. The summed E-state index contributed by atoms with van der Waals surface area (Å²) in [6.45, 7) is 35.4. The van der Waals surface area contributed by atoms with Crippen molar-refractivity contribution in [3.05, 3.63) is 123 Å². The van der Waals surface area contributed by atoms with Gasteiger partial charge in [0.05, 0.1) is 10.0 Å². The van der Waals surface area contributed by atoms with Gasteiger partial charge in [0, 0.05) is 15.1 Å². The monoisotopic (exact) mass is 781 g/mol. The molecule has 0 bridgehead atoms. The number of anilines is 3. The van der Waals surface area contributed by atoms with Gasteiger partial charge in [0.25, 0.3) is 0 Å². The van der Waals surface area contributed by atoms with E-state index in [0.717, 1.165) is 0 Å². The van der Waals surface area contributed by atoms with E-state index >= 15 is 0 Å². The Hall–Kier alpha value is -4.05. The van der Waals surface area contributed by atoms with Crippen LogP contribution >= 0.6 is 22.7 Å². The number of thiophene rings is 2. The van der Waals surface area contributed by atoms with Crippen molar-refractivity contribution in [1.29, 1.82) is 0 Å². The summed E-state index contributed by atoms with van der Waals surface area (Å²) < 4.78 is 2.77. The van der Waals surface area contributed by atoms with Crippen LogP contribution in [-0.4, -0.2) is 13.4 Å². The lowest BCUT2D eigenvalue weighted by Crippen LogP contribution is -2.65. The van der Waals surface area contributed by atoms with E-state index in [9.17, 15) is 0 Å². The molecule has 4 heterocycles. The van der Waals surface area contributed by atoms with Crippen molar-refractivity contribution < 1.29 is 0 Å². The molecular formula is C52H57B2NS2. The van der Waals surface area contributed by atoms with E-state index in [2.05, 4.69) is 182 Å². The van der Waals surface area contributed by atoms with Crippen molar-refractivity contribution in [3.63, 3.8) is 0 Å². The number of aryl methyl sites for hydroxylation is 6. The van der Waals surface area contributed by atoms with E-state index in [0.29, 0.717) is 0 Å². The summed E-state index contributed by atoms with van der Waals surface area (Å²) in [5.74, 6) is 0. The van der Waals surface area contributed by atoms with Crippen molar-refractivity contribution in [3.8, 4) is 0 Å². The summed E-state index contributed by atoms with van der Waals surface area (Å²) >= 11 is 4.02. The topological polar surface area (TPSA) is 3.24 Å². The summed E-state index contributed by atoms with van der Waals surface area (Å²) in [7, 11) is 0. The van der Waals surface area contributed by atoms with E-state index in [1.54, 1.807) is 0 Å². The van der Waals surface area contributed by atoms with Crippen LogP contribution in [0, 0.1) is 41.5 Å². The first-order valence-electron chi connectivity index (χ1n) is 20.9. The van der Waals surface area contributed by atoms with Gasteiger partial charge < -0.3 is 0 Å². The molecule has 5 aromatic carbocycles. The lowest BCUT2D eigenvalue weighted by Gasteiger charge is -2.43. The number of fused-ring (bicyclic) bond motifs is 8. The molecule has 0 amide bonds. The first kappa shape index (κ1) is 38.5. The molecule has 57 heavy (non-hydrogen) atoms. The van der Waals surface area contributed by atoms with E-state index < -0.39 is 0 Å². The Morgan fingerprint density at radius 1 is 0.421 bits per heavy atom. The molecule has 0 saturated carbocycles. The van der Waals surface area contributed by atoms with Gasteiger partial charge in [0.1, 0.15) is 0 Å². The third kappa shape index (κ3) is 5.92. The third-order valence-corrected chi connectivity index (χ3v) is 15.4. The maximum absolute atomic E-state index is 2.76. The Kier molecular flexibility index (Phi) is 8.59. The predicted molar refractivity (Wildman–Crippen MR) is 259 cm³/mol. The second kappa shape index (κ2) is 12.7. The normalized spacial score (nSPS) is 14.1. The zero-order chi connectivity index (χ0) is 40.8. The Labute approximate surface area is 350 Å². The van der Waals surface area contributed by atoms with Crippen LogP contribution in [0.5, 0.6) is 0 Å². The largest absolute Gasteiger partial charge is 0.295 e. The van der Waals surface area contributed by atoms with E-state index in [4.69, 9.17) is 0 Å². The fourth-order valence-electron chi connectivity index (χ4n) is 10.3. The van der Waals surface area contributed by atoms with Gasteiger partial charge in [-0.05, 0) is 119 Å². The number of nitrogens with zero attached hydrogens (tertiary/aromatic N) is 1. The minimum absolute atomic E-state index is 0.0443. The maximum Gasteiger partial charge on any atom is 0.249 e. The van der Waals surface area contributed by atoms with Gasteiger partial charge in [-0.25, -0.2) is 0 Å². The first-order valence-corrected chi connectivity index (χ1v) is 22.5. The molecule has 2 aliphatic heterocycles. The van der Waals surface area contributed by atoms with Crippen LogP contribution in [0.25, 0.3) is 20.2 Å². The third-order valence-electron chi connectivity index (χ3n) is 13.1. The number of hydrogen-bond donors (Lipinski definition) is 0. The smallest absolute Gasteiger partial charge is 0.249 e. The van der Waals surface area contributed by atoms with Crippen LogP contribution in [0.2, 0.25) is 0 Å². The highest BCUT2D eigenvalue weighted by Crippen LogP contribution is 2.49. The number of benzene rings is 5. The Morgan fingerprint density at radius 2 is 0.772 bits per heavy atom. The highest BCUT2D eigenvalue weighted by Gasteiger charge is 2.48. The van der Waals surface area contributed by atoms with Crippen LogP contribution in [-0.2, 0) is 16.2 Å². The predicted octanol–water partition coefficient (Wildman–Crippen LogP) is 11.0. The van der Waals surface area contributed by atoms with E-state index in [-0.39, 0.29) is 29.7 Å². The van der Waals surface area contributed by atoms with Crippen molar-refractivity contribution in [2.75, 3.05) is 4.90 Å². The molecule has 0 spiro atoms. The molecule has 2 aliphatic rings. The molecule has 1 nitrogen and oxygen atoms in total. The number of hydrogen-bond acceptors (Lipinski definition) is 3. The maximum atomic E-state index is 2.76. The fourth-order valence-corrected chi connectivity index (χ4v) is 13.0. The van der Waals surface area contributed by atoms with Crippen LogP contribution in [0.4, 0.5) is 15.7 Å². The second-order valence-electron chi connectivity index (χ2n) is 20.6. The quantitative estimate of drug-likeness (QED) is 0.158. The van der Waals surface area contributed by atoms with Crippen LogP contribution in [0.15, 0.2) is 72.8 Å². The average molecular weight is 782 g/mol. The zero-order valence-electron chi connectivity index (χ0n) is 36.8. The zero-order valence-corrected chi connectivity index (χ0v) is 38.5. The molecule has 5 heteroatoms. The van der Waals surface area contributed by atoms with Gasteiger partial charge in [-0.1, -0.05) is 167 Å². The number of rotatable bonds is 2. The first-order chi connectivity index (χ1) is 26.6. The molecule has 2 aromatic heterocycles. The molecule has 0 radical (unpaired) electrons. The standard InChI is InChI=1S/C52H57B2NS2/c1-28-20-30(3)43(31(4)21-28)53-39-24-36(52(13,14)15)25-40-47(39)55(48-45(53)37-18-16-34(50(7,8)9)26-41(37)56-48)49-46(54(40)44-32(5)22-29(2)23-33(44)6)38-19-17-35(51(10,11)12)27-42(38)57-49/h16-27H,1-15H3. The fraction of sp³-hybridized carbons (Fsp3) is 0.346. The highest BCUT2D eigenvalue weighted by atomic mass is 32.1.